The number of unbranched alkanes of at least 4 members (excludes halogenated alkanes) is 1. The zero-order valence-corrected chi connectivity index (χ0v) is 21.0. The molecule has 5 N–H and O–H groups in total. The van der Waals surface area contributed by atoms with Gasteiger partial charge in [0.2, 0.25) is 0 Å². The van der Waals surface area contributed by atoms with Crippen LogP contribution in [0.25, 0.3) is 0 Å². The normalized spacial score (nSPS) is 11.4. The summed E-state index contributed by atoms with van der Waals surface area (Å²) in [5.74, 6) is 6.18. The lowest BCUT2D eigenvalue weighted by Gasteiger charge is -2.18. The number of ketones is 1. The van der Waals surface area contributed by atoms with Gasteiger partial charge in [-0.3, -0.25) is 9.80 Å². The van der Waals surface area contributed by atoms with Crippen molar-refractivity contribution in [1.82, 2.24) is 0 Å². The first-order valence-electron chi connectivity index (χ1n) is 11.5. The van der Waals surface area contributed by atoms with Gasteiger partial charge in [0.05, 0.1) is 5.69 Å². The summed E-state index contributed by atoms with van der Waals surface area (Å²) in [7, 11) is 0. The molecule has 6 heteroatoms. The molecule has 0 heterocycles. The molecular weight excluding hydrogens is 444 g/mol. The van der Waals surface area contributed by atoms with Crippen molar-refractivity contribution >= 4 is 34.4 Å². The molecule has 0 amide bonds. The highest BCUT2D eigenvalue weighted by atomic mass is 35.5. The van der Waals surface area contributed by atoms with Gasteiger partial charge in [0.25, 0.3) is 0 Å². The number of rotatable bonds is 9. The second-order valence-electron chi connectivity index (χ2n) is 8.61. The molecule has 0 fully saturated rings. The van der Waals surface area contributed by atoms with Crippen LogP contribution in [0.1, 0.15) is 58.8 Å². The Labute approximate surface area is 207 Å². The topological polar surface area (TPSA) is 84.4 Å². The van der Waals surface area contributed by atoms with Gasteiger partial charge >= 0.3 is 0 Å². The zero-order valence-electron chi connectivity index (χ0n) is 20.3. The number of nitrogens with two attached hydrogens (primary N) is 2. The zero-order chi connectivity index (χ0) is 24.8. The van der Waals surface area contributed by atoms with Crippen molar-refractivity contribution in [2.45, 2.75) is 47.0 Å². The third kappa shape index (κ3) is 5.99. The average molecular weight is 477 g/mol. The van der Waals surface area contributed by atoms with Crippen LogP contribution in [-0.4, -0.2) is 5.78 Å². The van der Waals surface area contributed by atoms with Gasteiger partial charge in [-0.1, -0.05) is 37.1 Å². The summed E-state index contributed by atoms with van der Waals surface area (Å²) >= 11 is 6.24. The number of nitrogens with one attached hydrogen (secondary N) is 1. The van der Waals surface area contributed by atoms with Gasteiger partial charge in [-0.2, -0.15) is 0 Å². The number of anilines is 3. The van der Waals surface area contributed by atoms with Gasteiger partial charge in [0.1, 0.15) is 0 Å². The molecule has 3 aromatic rings. The van der Waals surface area contributed by atoms with Crippen LogP contribution in [0.2, 0.25) is 5.02 Å². The Balaban J connectivity index is 1.85. The summed E-state index contributed by atoms with van der Waals surface area (Å²) in [6.07, 6.45) is 4.58. The van der Waals surface area contributed by atoms with Crippen molar-refractivity contribution in [2.75, 3.05) is 10.3 Å². The smallest absolute Gasteiger partial charge is 0.193 e. The summed E-state index contributed by atoms with van der Waals surface area (Å²) in [5, 5.41) is 5.58. The molecule has 0 radical (unpaired) electrons. The van der Waals surface area contributed by atoms with E-state index in [9.17, 15) is 4.79 Å². The number of nitrogens with zero attached hydrogens (tertiary/aromatic N) is 1. The Kier molecular flexibility index (Phi) is 8.37. The molecule has 0 aliphatic carbocycles. The van der Waals surface area contributed by atoms with E-state index in [0.29, 0.717) is 27.5 Å². The quantitative estimate of drug-likeness (QED) is 0.177. The molecule has 0 aliphatic rings. The molecule has 0 saturated carbocycles. The van der Waals surface area contributed by atoms with E-state index in [4.69, 9.17) is 23.2 Å². The Hall–Kier alpha value is -3.28. The van der Waals surface area contributed by atoms with E-state index in [0.717, 1.165) is 47.3 Å². The van der Waals surface area contributed by atoms with Gasteiger partial charge in [0, 0.05) is 39.4 Å². The summed E-state index contributed by atoms with van der Waals surface area (Å²) in [4.78, 5) is 13.5. The van der Waals surface area contributed by atoms with E-state index >= 15 is 0 Å². The maximum Gasteiger partial charge on any atom is 0.193 e. The largest absolute Gasteiger partial charge is 0.401 e. The Morgan fingerprint density at radius 1 is 1.03 bits per heavy atom. The molecule has 3 rings (SSSR count). The molecule has 0 atom stereocenters. The SMILES string of the molecule is CCCC/C(N)=C/N(N)c1ccc(C)c(C(=O)c2ccc(Nc3cccc(Cl)c3C)cc2C)c1. The van der Waals surface area contributed by atoms with Gasteiger partial charge in [0.15, 0.2) is 5.78 Å². The molecule has 0 bridgehead atoms. The van der Waals surface area contributed by atoms with Gasteiger partial charge in [-0.15, -0.1) is 0 Å². The van der Waals surface area contributed by atoms with E-state index in [1.165, 1.54) is 5.01 Å². The number of hydrazine groups is 1. The molecule has 178 valence electrons. The summed E-state index contributed by atoms with van der Waals surface area (Å²) < 4.78 is 0. The van der Waals surface area contributed by atoms with Crippen LogP contribution in [-0.2, 0) is 0 Å². The van der Waals surface area contributed by atoms with Crippen molar-refractivity contribution in [3.8, 4) is 0 Å². The fraction of sp³-hybridized carbons (Fsp3) is 0.250. The highest BCUT2D eigenvalue weighted by Crippen LogP contribution is 2.28. The van der Waals surface area contributed by atoms with E-state index in [-0.39, 0.29) is 5.78 Å². The Morgan fingerprint density at radius 3 is 2.50 bits per heavy atom. The monoisotopic (exact) mass is 476 g/mol. The maximum absolute atomic E-state index is 13.5. The first-order chi connectivity index (χ1) is 16.2. The van der Waals surface area contributed by atoms with Crippen LogP contribution >= 0.6 is 11.6 Å². The lowest BCUT2D eigenvalue weighted by atomic mass is 9.95. The lowest BCUT2D eigenvalue weighted by Crippen LogP contribution is -2.26. The first kappa shape index (κ1) is 25.3. The van der Waals surface area contributed by atoms with E-state index in [1.54, 1.807) is 6.20 Å². The third-order valence-corrected chi connectivity index (χ3v) is 6.32. The van der Waals surface area contributed by atoms with Crippen LogP contribution in [0.3, 0.4) is 0 Å². The van der Waals surface area contributed by atoms with E-state index in [2.05, 4.69) is 12.2 Å². The number of carbonyl (C=O) groups excluding carboxylic acids is 1. The minimum atomic E-state index is -0.0429. The van der Waals surface area contributed by atoms with E-state index in [1.807, 2.05) is 75.4 Å². The molecule has 0 aliphatic heterocycles. The number of benzene rings is 3. The maximum atomic E-state index is 13.5. The number of carbonyl (C=O) groups is 1. The highest BCUT2D eigenvalue weighted by molar-refractivity contribution is 6.31. The van der Waals surface area contributed by atoms with Crippen LogP contribution in [0.4, 0.5) is 17.1 Å². The summed E-state index contributed by atoms with van der Waals surface area (Å²) in [6.45, 7) is 7.96. The molecule has 0 saturated heterocycles. The van der Waals surface area contributed by atoms with Crippen molar-refractivity contribution in [2.24, 2.45) is 11.6 Å². The van der Waals surface area contributed by atoms with Crippen molar-refractivity contribution in [3.05, 3.63) is 99.3 Å². The van der Waals surface area contributed by atoms with Crippen molar-refractivity contribution < 1.29 is 4.79 Å². The van der Waals surface area contributed by atoms with Gasteiger partial charge in [-0.25, -0.2) is 5.84 Å². The van der Waals surface area contributed by atoms with Crippen LogP contribution < -0.4 is 21.9 Å². The first-order valence-corrected chi connectivity index (χ1v) is 11.9. The fourth-order valence-electron chi connectivity index (χ4n) is 3.75. The summed E-state index contributed by atoms with van der Waals surface area (Å²) in [5.41, 5.74) is 13.3. The third-order valence-electron chi connectivity index (χ3n) is 5.91. The average Bonchev–Trinajstić information content (AvgIpc) is 2.80. The molecule has 0 aromatic heterocycles. The van der Waals surface area contributed by atoms with Gasteiger partial charge < -0.3 is 11.1 Å². The van der Waals surface area contributed by atoms with E-state index < -0.39 is 0 Å². The standard InChI is InChI=1S/C28H33ClN4O/c1-5-6-8-21(30)17-33(31)23-13-11-18(2)25(16-23)28(34)24-14-12-22(15-19(24)3)32-27-10-7-9-26(29)20(27)4/h7,9-17,32H,5-6,8,30-31H2,1-4H3/b21-17-. The van der Waals surface area contributed by atoms with Crippen LogP contribution in [0.15, 0.2) is 66.5 Å². The van der Waals surface area contributed by atoms with Gasteiger partial charge in [-0.05, 0) is 92.8 Å². The highest BCUT2D eigenvalue weighted by Gasteiger charge is 2.16. The Bertz CT molecular complexity index is 1220. The number of aryl methyl sites for hydroxylation is 2. The number of halogens is 1. The minimum absolute atomic E-state index is 0.0429. The second-order valence-corrected chi connectivity index (χ2v) is 9.02. The molecule has 0 spiro atoms. The lowest BCUT2D eigenvalue weighted by molar-refractivity contribution is 0.103. The fourth-order valence-corrected chi connectivity index (χ4v) is 3.93. The molecule has 0 unspecified atom stereocenters. The number of allylic oxidation sites excluding steroid dienone is 1. The molecular formula is C28H33ClN4O. The predicted molar refractivity (Wildman–Crippen MR) is 144 cm³/mol. The number of hydrogen-bond acceptors (Lipinski definition) is 5. The Morgan fingerprint density at radius 2 is 1.79 bits per heavy atom. The number of hydrogen-bond donors (Lipinski definition) is 3. The van der Waals surface area contributed by atoms with Crippen LogP contribution in [0, 0.1) is 20.8 Å². The molecule has 3 aromatic carbocycles. The minimum Gasteiger partial charge on any atom is -0.401 e. The van der Waals surface area contributed by atoms with Crippen molar-refractivity contribution in [3.63, 3.8) is 0 Å². The summed E-state index contributed by atoms with van der Waals surface area (Å²) in [6, 6.07) is 17.1. The second kappa shape index (κ2) is 11.2. The molecule has 34 heavy (non-hydrogen) atoms. The van der Waals surface area contributed by atoms with Crippen LogP contribution in [0.5, 0.6) is 0 Å². The predicted octanol–water partition coefficient (Wildman–Crippen LogP) is 6.91. The molecule has 5 nitrogen and oxygen atoms in total. The van der Waals surface area contributed by atoms with Crippen molar-refractivity contribution in [1.29, 1.82) is 0 Å².